The van der Waals surface area contributed by atoms with Crippen LogP contribution in [0.15, 0.2) is 97.1 Å². The maximum absolute atomic E-state index is 13.5. The maximum atomic E-state index is 13.5. The molecule has 0 aliphatic carbocycles. The summed E-state index contributed by atoms with van der Waals surface area (Å²) in [5, 5.41) is 5.60. The van der Waals surface area contributed by atoms with Gasteiger partial charge in [-0.3, -0.25) is 19.2 Å². The molecule has 0 aliphatic heterocycles. The van der Waals surface area contributed by atoms with Gasteiger partial charge in [0.25, 0.3) is 11.8 Å². The molecule has 3 amide bonds. The Morgan fingerprint density at radius 3 is 2.13 bits per heavy atom. The molecule has 2 N–H and O–H groups in total. The molecule has 0 spiro atoms. The Balaban J connectivity index is 1.53. The number of rotatable bonds is 11. The van der Waals surface area contributed by atoms with Gasteiger partial charge in [-0.05, 0) is 52.6 Å². The molecule has 8 nitrogen and oxygen atoms in total. The summed E-state index contributed by atoms with van der Waals surface area (Å²) in [5.41, 5.74) is 1.73. The number of nitrogens with zero attached hydrogens (tertiary/aromatic N) is 1. The number of carbonyl (C=O) groups is 4. The van der Waals surface area contributed by atoms with Gasteiger partial charge in [0.1, 0.15) is 6.61 Å². The first-order valence-electron chi connectivity index (χ1n) is 14.8. The van der Waals surface area contributed by atoms with Crippen LogP contribution in [0.5, 0.6) is 0 Å². The molecule has 0 saturated carbocycles. The van der Waals surface area contributed by atoms with Gasteiger partial charge in [-0.25, -0.2) is 0 Å². The molecular formula is C36H34F3N3O5. The second kappa shape index (κ2) is 15.2. The van der Waals surface area contributed by atoms with Gasteiger partial charge >= 0.3 is 12.1 Å². The summed E-state index contributed by atoms with van der Waals surface area (Å²) in [7, 11) is 3.09. The van der Waals surface area contributed by atoms with Crippen molar-refractivity contribution >= 4 is 29.4 Å². The second-order valence-corrected chi connectivity index (χ2v) is 10.9. The predicted octanol–water partition coefficient (Wildman–Crippen LogP) is 6.68. The van der Waals surface area contributed by atoms with Gasteiger partial charge in [-0.2, -0.15) is 13.2 Å². The summed E-state index contributed by atoms with van der Waals surface area (Å²) in [6.45, 7) is 1.63. The van der Waals surface area contributed by atoms with Gasteiger partial charge in [-0.1, -0.05) is 73.7 Å². The van der Waals surface area contributed by atoms with Crippen LogP contribution in [0, 0.1) is 0 Å². The van der Waals surface area contributed by atoms with Gasteiger partial charge in [0.05, 0.1) is 29.3 Å². The minimum atomic E-state index is -4.50. The van der Waals surface area contributed by atoms with Crippen LogP contribution < -0.4 is 10.6 Å². The Morgan fingerprint density at radius 1 is 0.830 bits per heavy atom. The van der Waals surface area contributed by atoms with Crippen LogP contribution in [0.2, 0.25) is 0 Å². The van der Waals surface area contributed by atoms with Crippen molar-refractivity contribution in [3.05, 3.63) is 125 Å². The summed E-state index contributed by atoms with van der Waals surface area (Å²) < 4.78 is 44.8. The lowest BCUT2D eigenvalue weighted by atomic mass is 9.97. The van der Waals surface area contributed by atoms with E-state index in [1.54, 1.807) is 45.3 Å². The van der Waals surface area contributed by atoms with E-state index in [4.69, 9.17) is 4.74 Å². The van der Waals surface area contributed by atoms with Crippen LogP contribution in [-0.4, -0.2) is 49.3 Å². The van der Waals surface area contributed by atoms with E-state index in [9.17, 15) is 32.3 Å². The molecule has 0 fully saturated rings. The molecule has 0 aromatic heterocycles. The van der Waals surface area contributed by atoms with Crippen LogP contribution in [0.3, 0.4) is 0 Å². The van der Waals surface area contributed by atoms with Crippen molar-refractivity contribution in [2.45, 2.75) is 32.0 Å². The van der Waals surface area contributed by atoms with E-state index in [0.717, 1.165) is 17.7 Å². The molecule has 0 radical (unpaired) electrons. The number of nitrogens with one attached hydrogen (secondary N) is 2. The largest absolute Gasteiger partial charge is 0.463 e. The molecule has 0 saturated heterocycles. The first-order valence-corrected chi connectivity index (χ1v) is 14.8. The first kappa shape index (κ1) is 34.4. The van der Waals surface area contributed by atoms with Gasteiger partial charge in [0, 0.05) is 26.1 Å². The molecule has 244 valence electrons. The van der Waals surface area contributed by atoms with Gasteiger partial charge in [0.15, 0.2) is 0 Å². The zero-order valence-electron chi connectivity index (χ0n) is 26.1. The molecule has 4 aromatic rings. The summed E-state index contributed by atoms with van der Waals surface area (Å²) in [6.07, 6.45) is -4.41. The number of alkyl halides is 3. The third-order valence-electron chi connectivity index (χ3n) is 7.28. The fraction of sp³-hybridized carbons (Fsp3) is 0.222. The average Bonchev–Trinajstić information content (AvgIpc) is 3.06. The van der Waals surface area contributed by atoms with E-state index in [1.807, 2.05) is 30.3 Å². The predicted molar refractivity (Wildman–Crippen MR) is 172 cm³/mol. The van der Waals surface area contributed by atoms with Crippen molar-refractivity contribution in [2.75, 3.05) is 26.0 Å². The van der Waals surface area contributed by atoms with Crippen LogP contribution in [0.1, 0.15) is 56.8 Å². The number of ether oxygens (including phenoxy) is 1. The Labute approximate surface area is 270 Å². The third-order valence-corrected chi connectivity index (χ3v) is 7.28. The lowest BCUT2D eigenvalue weighted by Gasteiger charge is -2.19. The number of halogens is 3. The Hall–Kier alpha value is -5.45. The van der Waals surface area contributed by atoms with Crippen LogP contribution in [0.4, 0.5) is 18.9 Å². The van der Waals surface area contributed by atoms with Crippen molar-refractivity contribution in [1.29, 1.82) is 0 Å². The summed E-state index contributed by atoms with van der Waals surface area (Å²) >= 11 is 0. The number of benzene rings is 4. The molecule has 0 heterocycles. The number of hydrogen-bond acceptors (Lipinski definition) is 5. The molecule has 4 rings (SSSR count). The topological polar surface area (TPSA) is 105 Å². The number of hydrogen-bond donors (Lipinski definition) is 2. The summed E-state index contributed by atoms with van der Waals surface area (Å²) in [6, 6.07) is 24.1. The Kier molecular flexibility index (Phi) is 11.1. The molecular weight excluding hydrogens is 611 g/mol. The van der Waals surface area contributed by atoms with E-state index < -0.39 is 35.6 Å². The zero-order valence-corrected chi connectivity index (χ0v) is 26.1. The lowest BCUT2D eigenvalue weighted by molar-refractivity contribution is -0.144. The van der Waals surface area contributed by atoms with Gasteiger partial charge in [-0.15, -0.1) is 0 Å². The first-order chi connectivity index (χ1) is 22.4. The quantitative estimate of drug-likeness (QED) is 0.177. The van der Waals surface area contributed by atoms with Crippen molar-refractivity contribution in [1.82, 2.24) is 10.2 Å². The number of anilines is 1. The maximum Gasteiger partial charge on any atom is 0.416 e. The third kappa shape index (κ3) is 9.06. The van der Waals surface area contributed by atoms with Crippen LogP contribution in [0.25, 0.3) is 11.1 Å². The second-order valence-electron chi connectivity index (χ2n) is 10.9. The molecule has 0 bridgehead atoms. The van der Waals surface area contributed by atoms with Crippen molar-refractivity contribution in [3.8, 4) is 11.1 Å². The average molecular weight is 646 g/mol. The van der Waals surface area contributed by atoms with E-state index in [1.165, 1.54) is 35.2 Å². The van der Waals surface area contributed by atoms with E-state index in [0.29, 0.717) is 16.7 Å². The molecule has 1 unspecified atom stereocenters. The summed E-state index contributed by atoms with van der Waals surface area (Å²) in [4.78, 5) is 52.9. The number of carbonyl (C=O) groups excluding carboxylic acids is 4. The van der Waals surface area contributed by atoms with Crippen molar-refractivity contribution in [2.24, 2.45) is 0 Å². The highest BCUT2D eigenvalue weighted by molar-refractivity contribution is 6.11. The van der Waals surface area contributed by atoms with Crippen LogP contribution in [-0.2, 0) is 26.9 Å². The van der Waals surface area contributed by atoms with Crippen molar-refractivity contribution in [3.63, 3.8) is 0 Å². The molecule has 11 heteroatoms. The number of esters is 1. The Morgan fingerprint density at radius 2 is 1.49 bits per heavy atom. The van der Waals surface area contributed by atoms with Crippen LogP contribution >= 0.6 is 0 Å². The zero-order chi connectivity index (χ0) is 34.1. The SMILES string of the molecule is CCC(=O)NC(COC(=O)Cc1ccc(NC(=O)c2ccccc2-c2ccc(C(F)(F)F)cc2)c(C(=O)N(C)C)c1)c1ccccc1. The standard InChI is InChI=1S/C36H34F3N3O5/c1-4-32(43)40-31(25-10-6-5-7-11-25)22-47-33(44)21-23-14-19-30(29(20-23)35(46)42(2)3)41-34(45)28-13-9-8-12-27(28)24-15-17-26(18-16-24)36(37,38)39/h5-20,31H,4,21-22H2,1-3H3,(H,40,43)(H,41,45). The normalized spacial score (nSPS) is 11.7. The molecule has 4 aromatic carbocycles. The number of amides is 3. The van der Waals surface area contributed by atoms with E-state index >= 15 is 0 Å². The molecule has 1 atom stereocenters. The highest BCUT2D eigenvalue weighted by Gasteiger charge is 2.30. The van der Waals surface area contributed by atoms with E-state index in [-0.39, 0.29) is 42.2 Å². The highest BCUT2D eigenvalue weighted by Crippen LogP contribution is 2.32. The van der Waals surface area contributed by atoms with Gasteiger partial charge in [0.2, 0.25) is 5.91 Å². The fourth-order valence-electron chi connectivity index (χ4n) is 4.79. The minimum Gasteiger partial charge on any atom is -0.463 e. The Bertz CT molecular complexity index is 1740. The molecule has 47 heavy (non-hydrogen) atoms. The lowest BCUT2D eigenvalue weighted by Crippen LogP contribution is -2.31. The fourth-order valence-corrected chi connectivity index (χ4v) is 4.79. The monoisotopic (exact) mass is 645 g/mol. The minimum absolute atomic E-state index is 0.0927. The van der Waals surface area contributed by atoms with E-state index in [2.05, 4.69) is 10.6 Å². The highest BCUT2D eigenvalue weighted by atomic mass is 19.4. The molecule has 0 aliphatic rings. The smallest absolute Gasteiger partial charge is 0.416 e. The summed E-state index contributed by atoms with van der Waals surface area (Å²) in [5.74, 6) is -1.79. The van der Waals surface area contributed by atoms with Crippen molar-refractivity contribution < 1.29 is 37.1 Å². The van der Waals surface area contributed by atoms with Gasteiger partial charge < -0.3 is 20.3 Å².